The topological polar surface area (TPSA) is 68.8 Å². The van der Waals surface area contributed by atoms with Crippen LogP contribution < -0.4 is 20.4 Å². The Hall–Kier alpha value is -2.49. The van der Waals surface area contributed by atoms with Crippen molar-refractivity contribution in [1.29, 1.82) is 0 Å². The number of rotatable bonds is 6. The molecule has 1 aromatic carbocycles. The van der Waals surface area contributed by atoms with Crippen LogP contribution in [0.2, 0.25) is 0 Å². The molecular weight excluding hydrogens is 422 g/mol. The Labute approximate surface area is 195 Å². The number of nitrogens with zero attached hydrogens (tertiary/aromatic N) is 5. The van der Waals surface area contributed by atoms with Gasteiger partial charge in [-0.05, 0) is 36.2 Å². The highest BCUT2D eigenvalue weighted by molar-refractivity contribution is 7.80. The van der Waals surface area contributed by atoms with Gasteiger partial charge in [0.1, 0.15) is 11.6 Å². The molecule has 4 heterocycles. The molecule has 3 aliphatic heterocycles. The molecule has 0 saturated carbocycles. The average Bonchev–Trinajstić information content (AvgIpc) is 3.50. The molecule has 32 heavy (non-hydrogen) atoms. The number of thiocarbonyl (C=S) groups is 1. The van der Waals surface area contributed by atoms with E-state index < -0.39 is 0 Å². The van der Waals surface area contributed by atoms with Crippen molar-refractivity contribution in [3.63, 3.8) is 0 Å². The first-order valence-electron chi connectivity index (χ1n) is 11.6. The number of ether oxygens (including phenoxy) is 1. The highest BCUT2D eigenvalue weighted by Gasteiger charge is 2.23. The van der Waals surface area contributed by atoms with Crippen LogP contribution >= 0.6 is 12.2 Å². The van der Waals surface area contributed by atoms with E-state index in [1.165, 1.54) is 24.0 Å². The highest BCUT2D eigenvalue weighted by atomic mass is 32.1. The summed E-state index contributed by atoms with van der Waals surface area (Å²) >= 11 is 5.54. The summed E-state index contributed by atoms with van der Waals surface area (Å²) in [5, 5.41) is 7.09. The fourth-order valence-corrected chi connectivity index (χ4v) is 4.73. The van der Waals surface area contributed by atoms with Crippen molar-refractivity contribution in [2.75, 3.05) is 67.6 Å². The Morgan fingerprint density at radius 2 is 1.59 bits per heavy atom. The molecule has 0 aliphatic carbocycles. The molecule has 0 unspecified atom stereocenters. The van der Waals surface area contributed by atoms with Crippen molar-refractivity contribution in [1.82, 2.24) is 20.2 Å². The van der Waals surface area contributed by atoms with Gasteiger partial charge in [-0.15, -0.1) is 0 Å². The smallest absolute Gasteiger partial charge is 0.232 e. The quantitative estimate of drug-likeness (QED) is 0.641. The van der Waals surface area contributed by atoms with Crippen molar-refractivity contribution in [3.05, 3.63) is 41.5 Å². The molecule has 0 spiro atoms. The van der Waals surface area contributed by atoms with Gasteiger partial charge >= 0.3 is 0 Å². The maximum atomic E-state index is 5.54. The van der Waals surface area contributed by atoms with Crippen LogP contribution in [0.15, 0.2) is 30.3 Å². The summed E-state index contributed by atoms with van der Waals surface area (Å²) in [6.45, 7) is 9.11. The fourth-order valence-electron chi connectivity index (χ4n) is 4.54. The number of hydrogen-bond acceptors (Lipinski definition) is 7. The van der Waals surface area contributed by atoms with Gasteiger partial charge in [-0.25, -0.2) is 0 Å². The molecule has 2 N–H and O–H groups in total. The molecule has 170 valence electrons. The Morgan fingerprint density at radius 3 is 2.28 bits per heavy atom. The number of aromatic nitrogens is 2. The normalized spacial score (nSPS) is 18.6. The first kappa shape index (κ1) is 21.4. The predicted octanol–water partition coefficient (Wildman–Crippen LogP) is 2.22. The maximum Gasteiger partial charge on any atom is 0.232 e. The van der Waals surface area contributed by atoms with Crippen molar-refractivity contribution in [2.45, 2.75) is 25.9 Å². The van der Waals surface area contributed by atoms with Crippen molar-refractivity contribution >= 4 is 34.9 Å². The standard InChI is InChI=1S/C23H31N7OS/c32-23(24-7-10-28-11-13-31-14-12-28)27-22-25-20(29-8-3-4-9-29)15-21(26-22)30-16-18-5-1-2-6-19(18)17-30/h1-2,5-6,15H,3-4,7-14,16-17H2,(H2,24,25,26,27,32). The van der Waals surface area contributed by atoms with E-state index in [4.69, 9.17) is 26.9 Å². The average molecular weight is 454 g/mol. The van der Waals surface area contributed by atoms with Crippen LogP contribution in [-0.2, 0) is 17.8 Å². The summed E-state index contributed by atoms with van der Waals surface area (Å²) in [5.41, 5.74) is 2.73. The lowest BCUT2D eigenvalue weighted by molar-refractivity contribution is 0.0389. The van der Waals surface area contributed by atoms with Crippen molar-refractivity contribution < 1.29 is 4.74 Å². The fraction of sp³-hybridized carbons (Fsp3) is 0.522. The van der Waals surface area contributed by atoms with Crippen molar-refractivity contribution in [2.24, 2.45) is 0 Å². The summed E-state index contributed by atoms with van der Waals surface area (Å²) in [7, 11) is 0. The summed E-state index contributed by atoms with van der Waals surface area (Å²) in [6.07, 6.45) is 2.41. The van der Waals surface area contributed by atoms with Crippen LogP contribution in [0, 0.1) is 0 Å². The molecule has 2 fully saturated rings. The molecular formula is C23H31N7OS. The largest absolute Gasteiger partial charge is 0.379 e. The van der Waals surface area contributed by atoms with E-state index in [2.05, 4.69) is 55.7 Å². The van der Waals surface area contributed by atoms with Gasteiger partial charge in [-0.1, -0.05) is 24.3 Å². The third-order valence-electron chi connectivity index (χ3n) is 6.34. The van der Waals surface area contributed by atoms with Gasteiger partial charge in [0.15, 0.2) is 5.11 Å². The molecule has 8 nitrogen and oxygen atoms in total. The minimum atomic E-state index is 0.559. The van der Waals surface area contributed by atoms with Gasteiger partial charge in [-0.3, -0.25) is 4.90 Å². The lowest BCUT2D eigenvalue weighted by Crippen LogP contribution is -2.42. The van der Waals surface area contributed by atoms with E-state index in [0.717, 1.165) is 77.2 Å². The maximum absolute atomic E-state index is 5.54. The lowest BCUT2D eigenvalue weighted by Gasteiger charge is -2.26. The highest BCUT2D eigenvalue weighted by Crippen LogP contribution is 2.30. The molecule has 3 aliphatic rings. The monoisotopic (exact) mass is 453 g/mol. The molecule has 0 amide bonds. The molecule has 2 aromatic rings. The number of nitrogens with one attached hydrogen (secondary N) is 2. The Bertz CT molecular complexity index is 919. The van der Waals surface area contributed by atoms with Gasteiger partial charge < -0.3 is 25.2 Å². The Balaban J connectivity index is 1.26. The molecule has 0 bridgehead atoms. The van der Waals surface area contributed by atoms with Crippen LogP contribution in [0.1, 0.15) is 24.0 Å². The predicted molar refractivity (Wildman–Crippen MR) is 131 cm³/mol. The number of hydrogen-bond donors (Lipinski definition) is 2. The lowest BCUT2D eigenvalue weighted by atomic mass is 10.1. The van der Waals surface area contributed by atoms with E-state index in [9.17, 15) is 0 Å². The Morgan fingerprint density at radius 1 is 0.938 bits per heavy atom. The second-order valence-electron chi connectivity index (χ2n) is 8.56. The van der Waals surface area contributed by atoms with Crippen LogP contribution in [0.3, 0.4) is 0 Å². The zero-order chi connectivity index (χ0) is 21.8. The number of morpholine rings is 1. The van der Waals surface area contributed by atoms with Gasteiger partial charge in [0.05, 0.1) is 13.2 Å². The van der Waals surface area contributed by atoms with Crippen LogP contribution in [0.4, 0.5) is 17.6 Å². The molecule has 1 aromatic heterocycles. The van der Waals surface area contributed by atoms with E-state index in [-0.39, 0.29) is 0 Å². The summed E-state index contributed by atoms with van der Waals surface area (Å²) in [4.78, 5) is 16.7. The van der Waals surface area contributed by atoms with Crippen molar-refractivity contribution in [3.8, 4) is 0 Å². The van der Waals surface area contributed by atoms with Gasteiger partial charge in [0, 0.05) is 58.4 Å². The van der Waals surface area contributed by atoms with Gasteiger partial charge in [0.2, 0.25) is 5.95 Å². The second kappa shape index (κ2) is 9.97. The van der Waals surface area contributed by atoms with Gasteiger partial charge in [0.25, 0.3) is 0 Å². The number of anilines is 3. The van der Waals surface area contributed by atoms with E-state index in [1.54, 1.807) is 0 Å². The minimum Gasteiger partial charge on any atom is -0.379 e. The zero-order valence-corrected chi connectivity index (χ0v) is 19.2. The summed E-state index contributed by atoms with van der Waals surface area (Å²) < 4.78 is 5.41. The van der Waals surface area contributed by atoms with E-state index in [0.29, 0.717) is 11.1 Å². The SMILES string of the molecule is S=C(NCCN1CCOCC1)Nc1nc(N2CCCC2)cc(N2Cc3ccccc3C2)n1. The number of benzene rings is 1. The second-order valence-corrected chi connectivity index (χ2v) is 8.97. The first-order chi connectivity index (χ1) is 15.7. The zero-order valence-electron chi connectivity index (χ0n) is 18.4. The molecule has 0 radical (unpaired) electrons. The molecule has 5 rings (SSSR count). The number of fused-ring (bicyclic) bond motifs is 1. The minimum absolute atomic E-state index is 0.559. The van der Waals surface area contributed by atoms with E-state index >= 15 is 0 Å². The first-order valence-corrected chi connectivity index (χ1v) is 12.0. The van der Waals surface area contributed by atoms with E-state index in [1.807, 2.05) is 0 Å². The Kier molecular flexibility index (Phi) is 6.66. The van der Waals surface area contributed by atoms with Crippen LogP contribution in [0.5, 0.6) is 0 Å². The summed E-state index contributed by atoms with van der Waals surface area (Å²) in [5.74, 6) is 2.48. The molecule has 0 atom stereocenters. The molecule has 2 saturated heterocycles. The van der Waals surface area contributed by atoms with Gasteiger partial charge in [-0.2, -0.15) is 9.97 Å². The van der Waals surface area contributed by atoms with Crippen LogP contribution in [-0.4, -0.2) is 72.5 Å². The molecule has 9 heteroatoms. The summed E-state index contributed by atoms with van der Waals surface area (Å²) in [6, 6.07) is 10.7. The third kappa shape index (κ3) is 5.11. The third-order valence-corrected chi connectivity index (χ3v) is 6.58. The van der Waals surface area contributed by atoms with Crippen LogP contribution in [0.25, 0.3) is 0 Å².